The van der Waals surface area contributed by atoms with Crippen LogP contribution in [0, 0.1) is 0 Å². The lowest BCUT2D eigenvalue weighted by Crippen LogP contribution is -2.27. The molecule has 12 heavy (non-hydrogen) atoms. The van der Waals surface area contributed by atoms with Gasteiger partial charge in [-0.05, 0) is 17.7 Å². The van der Waals surface area contributed by atoms with Gasteiger partial charge in [0.15, 0.2) is 0 Å². The summed E-state index contributed by atoms with van der Waals surface area (Å²) in [5.41, 5.74) is 6.33. The quantitative estimate of drug-likeness (QED) is 0.448. The van der Waals surface area contributed by atoms with Crippen molar-refractivity contribution in [3.63, 3.8) is 0 Å². The molecule has 1 atom stereocenters. The Labute approximate surface area is 70.8 Å². The number of phenolic OH excluding ortho intramolecular Hbond substituents is 1. The van der Waals surface area contributed by atoms with Crippen LogP contribution in [0.15, 0.2) is 24.3 Å². The van der Waals surface area contributed by atoms with E-state index >= 15 is 0 Å². The zero-order valence-corrected chi connectivity index (χ0v) is 6.81. The van der Waals surface area contributed by atoms with Gasteiger partial charge in [0.05, 0.1) is 0 Å². The van der Waals surface area contributed by atoms with Gasteiger partial charge in [-0.3, -0.25) is 0 Å². The summed E-state index contributed by atoms with van der Waals surface area (Å²) in [6, 6.07) is 6.37. The van der Waals surface area contributed by atoms with Crippen LogP contribution in [0.3, 0.4) is 0 Å². The zero-order chi connectivity index (χ0) is 9.14. The van der Waals surface area contributed by atoms with Gasteiger partial charge in [-0.1, -0.05) is 12.1 Å². The van der Waals surface area contributed by atoms with Crippen LogP contribution < -0.4 is 5.73 Å². The Hall–Kier alpha value is -1.10. The molecule has 0 aliphatic heterocycles. The minimum Gasteiger partial charge on any atom is -0.508 e. The molecule has 0 aliphatic rings. The van der Waals surface area contributed by atoms with Gasteiger partial charge < -0.3 is 16.0 Å². The highest BCUT2D eigenvalue weighted by Crippen LogP contribution is 2.15. The second-order valence-corrected chi connectivity index (χ2v) is 2.61. The molecule has 0 saturated heterocycles. The molecule has 0 aromatic heterocycles. The SMILES string of the molecule is CN(O)C(N)c1ccc(O)cc1. The Kier molecular flexibility index (Phi) is 2.65. The Bertz CT molecular complexity index is 246. The van der Waals surface area contributed by atoms with E-state index in [-0.39, 0.29) is 5.75 Å². The third-order valence-electron chi connectivity index (χ3n) is 1.64. The number of hydroxylamine groups is 2. The lowest BCUT2D eigenvalue weighted by atomic mass is 10.2. The molecule has 0 saturated carbocycles. The van der Waals surface area contributed by atoms with E-state index in [1.807, 2.05) is 0 Å². The van der Waals surface area contributed by atoms with E-state index in [2.05, 4.69) is 0 Å². The maximum Gasteiger partial charge on any atom is 0.115 e. The summed E-state index contributed by atoms with van der Waals surface area (Å²) in [7, 11) is 1.47. The average Bonchev–Trinajstić information content (AvgIpc) is 2.04. The molecule has 0 aliphatic carbocycles. The largest absolute Gasteiger partial charge is 0.508 e. The molecule has 1 unspecified atom stereocenters. The first kappa shape index (κ1) is 8.99. The van der Waals surface area contributed by atoms with Crippen molar-refractivity contribution in [2.75, 3.05) is 7.05 Å². The molecule has 66 valence electrons. The number of hydrogen-bond donors (Lipinski definition) is 3. The predicted molar refractivity (Wildman–Crippen MR) is 44.6 cm³/mol. The smallest absolute Gasteiger partial charge is 0.115 e. The van der Waals surface area contributed by atoms with Crippen LogP contribution in [0.25, 0.3) is 0 Å². The fraction of sp³-hybridized carbons (Fsp3) is 0.250. The molecule has 0 fully saturated rings. The number of rotatable bonds is 2. The van der Waals surface area contributed by atoms with Crippen molar-refractivity contribution < 1.29 is 10.3 Å². The lowest BCUT2D eigenvalue weighted by Gasteiger charge is -2.17. The van der Waals surface area contributed by atoms with Crippen molar-refractivity contribution in [1.29, 1.82) is 0 Å². The van der Waals surface area contributed by atoms with E-state index in [9.17, 15) is 0 Å². The molecule has 0 bridgehead atoms. The molecule has 4 heteroatoms. The fourth-order valence-corrected chi connectivity index (χ4v) is 0.887. The van der Waals surface area contributed by atoms with Gasteiger partial charge >= 0.3 is 0 Å². The van der Waals surface area contributed by atoms with Crippen molar-refractivity contribution in [2.45, 2.75) is 6.17 Å². The second kappa shape index (κ2) is 3.53. The molecule has 4 N–H and O–H groups in total. The van der Waals surface area contributed by atoms with Gasteiger partial charge in [0.1, 0.15) is 11.9 Å². The average molecular weight is 168 g/mol. The van der Waals surface area contributed by atoms with Crippen LogP contribution in [0.4, 0.5) is 0 Å². The highest BCUT2D eigenvalue weighted by molar-refractivity contribution is 5.27. The molecule has 0 heterocycles. The van der Waals surface area contributed by atoms with E-state index in [1.54, 1.807) is 12.1 Å². The van der Waals surface area contributed by atoms with Crippen LogP contribution in [0.1, 0.15) is 11.7 Å². The third-order valence-corrected chi connectivity index (χ3v) is 1.64. The highest BCUT2D eigenvalue weighted by Gasteiger charge is 2.08. The number of phenols is 1. The maximum absolute atomic E-state index is 8.99. The van der Waals surface area contributed by atoms with Crippen LogP contribution in [-0.4, -0.2) is 22.4 Å². The number of benzene rings is 1. The fourth-order valence-electron chi connectivity index (χ4n) is 0.887. The van der Waals surface area contributed by atoms with Crippen LogP contribution in [-0.2, 0) is 0 Å². The molecule has 0 radical (unpaired) electrons. The van der Waals surface area contributed by atoms with Crippen molar-refractivity contribution >= 4 is 0 Å². The van der Waals surface area contributed by atoms with Crippen molar-refractivity contribution in [3.8, 4) is 5.75 Å². The van der Waals surface area contributed by atoms with E-state index < -0.39 is 6.17 Å². The Morgan fingerprint density at radius 2 is 1.83 bits per heavy atom. The summed E-state index contributed by atoms with van der Waals surface area (Å²) < 4.78 is 0. The summed E-state index contributed by atoms with van der Waals surface area (Å²) in [5.74, 6) is 0.187. The van der Waals surface area contributed by atoms with Gasteiger partial charge in [-0.15, -0.1) is 0 Å². The number of hydrogen-bond acceptors (Lipinski definition) is 4. The van der Waals surface area contributed by atoms with E-state index in [4.69, 9.17) is 16.0 Å². The van der Waals surface area contributed by atoms with E-state index in [0.717, 1.165) is 10.6 Å². The van der Waals surface area contributed by atoms with Crippen molar-refractivity contribution in [1.82, 2.24) is 5.06 Å². The molecular formula is C8H12N2O2. The maximum atomic E-state index is 8.99. The van der Waals surface area contributed by atoms with E-state index in [1.165, 1.54) is 19.2 Å². The van der Waals surface area contributed by atoms with E-state index in [0.29, 0.717) is 0 Å². The van der Waals surface area contributed by atoms with Crippen molar-refractivity contribution in [2.24, 2.45) is 5.73 Å². The molecule has 1 aromatic rings. The van der Waals surface area contributed by atoms with Gasteiger partial charge in [0.25, 0.3) is 0 Å². The summed E-state index contributed by atoms with van der Waals surface area (Å²) in [5, 5.41) is 18.9. The standard InChI is InChI=1S/C8H12N2O2/c1-10(12)8(9)6-2-4-7(11)5-3-6/h2-5,8,11-12H,9H2,1H3. The number of aromatic hydroxyl groups is 1. The van der Waals surface area contributed by atoms with Gasteiger partial charge in [0, 0.05) is 7.05 Å². The minimum atomic E-state index is -0.550. The van der Waals surface area contributed by atoms with Crippen LogP contribution in [0.2, 0.25) is 0 Å². The Morgan fingerprint density at radius 3 is 2.25 bits per heavy atom. The summed E-state index contributed by atoms with van der Waals surface area (Å²) in [6.45, 7) is 0. The topological polar surface area (TPSA) is 69.7 Å². The summed E-state index contributed by atoms with van der Waals surface area (Å²) in [6.07, 6.45) is -0.550. The molecule has 1 rings (SSSR count). The molecule has 0 amide bonds. The minimum absolute atomic E-state index is 0.187. The first-order chi connectivity index (χ1) is 5.61. The second-order valence-electron chi connectivity index (χ2n) is 2.61. The first-order valence-electron chi connectivity index (χ1n) is 3.57. The predicted octanol–water partition coefficient (Wildman–Crippen LogP) is 0.671. The third kappa shape index (κ3) is 1.94. The highest BCUT2D eigenvalue weighted by atomic mass is 16.5. The molecule has 0 spiro atoms. The van der Waals surface area contributed by atoms with Crippen molar-refractivity contribution in [3.05, 3.63) is 29.8 Å². The normalized spacial score (nSPS) is 13.3. The molecular weight excluding hydrogens is 156 g/mol. The monoisotopic (exact) mass is 168 g/mol. The lowest BCUT2D eigenvalue weighted by molar-refractivity contribution is -0.102. The summed E-state index contributed by atoms with van der Waals surface area (Å²) >= 11 is 0. The first-order valence-corrected chi connectivity index (χ1v) is 3.57. The Balaban J connectivity index is 2.82. The Morgan fingerprint density at radius 1 is 1.33 bits per heavy atom. The van der Waals surface area contributed by atoms with Crippen LogP contribution >= 0.6 is 0 Å². The van der Waals surface area contributed by atoms with Gasteiger partial charge in [-0.2, -0.15) is 5.06 Å². The van der Waals surface area contributed by atoms with Gasteiger partial charge in [-0.25, -0.2) is 0 Å². The van der Waals surface area contributed by atoms with Crippen LogP contribution in [0.5, 0.6) is 5.75 Å². The number of nitrogens with two attached hydrogens (primary N) is 1. The zero-order valence-electron chi connectivity index (χ0n) is 6.81. The summed E-state index contributed by atoms with van der Waals surface area (Å²) in [4.78, 5) is 0. The van der Waals surface area contributed by atoms with Gasteiger partial charge in [0.2, 0.25) is 0 Å². The molecule has 1 aromatic carbocycles. The number of nitrogens with zero attached hydrogens (tertiary/aromatic N) is 1. The molecule has 4 nitrogen and oxygen atoms in total.